The number of nitrogens with zero attached hydrogens (tertiary/aromatic N) is 3. The summed E-state index contributed by atoms with van der Waals surface area (Å²) < 4.78 is 72.5. The quantitative estimate of drug-likeness (QED) is 0.553. The van der Waals surface area contributed by atoms with Gasteiger partial charge in [0.25, 0.3) is 0 Å². The minimum atomic E-state index is -5.14. The molecule has 1 aromatic heterocycles. The Kier molecular flexibility index (Phi) is 5.54. The number of benzene rings is 2. The predicted molar refractivity (Wildman–Crippen MR) is 92.1 cm³/mol. The van der Waals surface area contributed by atoms with Gasteiger partial charge in [0, 0.05) is 18.6 Å². The highest BCUT2D eigenvalue weighted by molar-refractivity contribution is 7.81. The van der Waals surface area contributed by atoms with Gasteiger partial charge < -0.3 is 8.92 Å². The zero-order valence-electron chi connectivity index (χ0n) is 14.5. The summed E-state index contributed by atoms with van der Waals surface area (Å²) in [5.74, 6) is -1.20. The molecule has 3 aromatic rings. The Morgan fingerprint density at radius 2 is 1.68 bits per heavy atom. The standard InChI is InChI=1S/C17H14F3N3O4S/c1-2-17-21-10-23(22-17)11-7-15(18)14(16(19)8-11)9-26-12-3-5-13(6-4-12)27-28(20,24)25/h3-8,10H,2,9H2,1H3. The highest BCUT2D eigenvalue weighted by Crippen LogP contribution is 2.23. The fourth-order valence-electron chi connectivity index (χ4n) is 2.31. The number of aryl methyl sites for hydroxylation is 1. The Hall–Kier alpha value is -3.08. The number of hydrogen-bond donors (Lipinski definition) is 0. The third-order valence-corrected chi connectivity index (χ3v) is 4.04. The Labute approximate surface area is 158 Å². The summed E-state index contributed by atoms with van der Waals surface area (Å²) in [6.07, 6.45) is 1.95. The molecule has 0 atom stereocenters. The van der Waals surface area contributed by atoms with Crippen LogP contribution in [0, 0.1) is 11.6 Å². The van der Waals surface area contributed by atoms with E-state index in [2.05, 4.69) is 14.3 Å². The highest BCUT2D eigenvalue weighted by Gasteiger charge is 2.14. The molecule has 148 valence electrons. The minimum absolute atomic E-state index is 0.176. The van der Waals surface area contributed by atoms with E-state index in [1.165, 1.54) is 23.1 Å². The molecular weight excluding hydrogens is 399 g/mol. The van der Waals surface area contributed by atoms with Crippen LogP contribution in [0.4, 0.5) is 12.7 Å². The third-order valence-electron chi connectivity index (χ3n) is 3.65. The van der Waals surface area contributed by atoms with Gasteiger partial charge in [0.15, 0.2) is 5.82 Å². The maximum Gasteiger partial charge on any atom is 0.488 e. The van der Waals surface area contributed by atoms with Gasteiger partial charge in [0.05, 0.1) is 11.3 Å². The van der Waals surface area contributed by atoms with Gasteiger partial charge in [-0.25, -0.2) is 18.4 Å². The summed E-state index contributed by atoms with van der Waals surface area (Å²) in [5, 5.41) is 4.10. The number of halogens is 3. The number of hydrogen-bond acceptors (Lipinski definition) is 6. The van der Waals surface area contributed by atoms with E-state index in [9.17, 15) is 21.1 Å². The van der Waals surface area contributed by atoms with Crippen LogP contribution in [-0.2, 0) is 23.5 Å². The second-order valence-corrected chi connectivity index (χ2v) is 6.54. The first-order valence-corrected chi connectivity index (χ1v) is 9.32. The van der Waals surface area contributed by atoms with Crippen molar-refractivity contribution >= 4 is 10.5 Å². The summed E-state index contributed by atoms with van der Waals surface area (Å²) in [5.41, 5.74) is -0.119. The molecule has 0 saturated heterocycles. The molecule has 0 saturated carbocycles. The fourth-order valence-corrected chi connectivity index (χ4v) is 2.65. The molecule has 0 bridgehead atoms. The van der Waals surface area contributed by atoms with Crippen molar-refractivity contribution in [1.82, 2.24) is 14.8 Å². The lowest BCUT2D eigenvalue weighted by Gasteiger charge is -2.10. The van der Waals surface area contributed by atoms with Gasteiger partial charge >= 0.3 is 10.5 Å². The molecular formula is C17H14F3N3O4S. The molecule has 0 unspecified atom stereocenters. The molecule has 11 heteroatoms. The van der Waals surface area contributed by atoms with Crippen molar-refractivity contribution < 1.29 is 30.0 Å². The summed E-state index contributed by atoms with van der Waals surface area (Å²) in [6, 6.07) is 7.03. The first-order valence-electron chi connectivity index (χ1n) is 8.01. The van der Waals surface area contributed by atoms with Crippen molar-refractivity contribution in [3.63, 3.8) is 0 Å². The Morgan fingerprint density at radius 1 is 1.07 bits per heavy atom. The molecule has 0 fully saturated rings. The first-order chi connectivity index (χ1) is 13.2. The van der Waals surface area contributed by atoms with E-state index in [0.717, 1.165) is 24.3 Å². The van der Waals surface area contributed by atoms with Crippen molar-refractivity contribution in [2.75, 3.05) is 0 Å². The summed E-state index contributed by atoms with van der Waals surface area (Å²) in [6.45, 7) is 1.44. The Bertz CT molecular complexity index is 1060. The van der Waals surface area contributed by atoms with Gasteiger partial charge in [-0.2, -0.15) is 13.5 Å². The lowest BCUT2D eigenvalue weighted by molar-refractivity contribution is 0.292. The largest absolute Gasteiger partial charge is 0.489 e. The van der Waals surface area contributed by atoms with E-state index < -0.39 is 28.7 Å². The van der Waals surface area contributed by atoms with Gasteiger partial charge in [0.2, 0.25) is 0 Å². The average Bonchev–Trinajstić information content (AvgIpc) is 3.10. The van der Waals surface area contributed by atoms with Crippen LogP contribution in [-0.4, -0.2) is 23.2 Å². The summed E-state index contributed by atoms with van der Waals surface area (Å²) in [7, 11) is -5.14. The van der Waals surface area contributed by atoms with Crippen molar-refractivity contribution in [2.45, 2.75) is 20.0 Å². The second kappa shape index (κ2) is 7.89. The highest BCUT2D eigenvalue weighted by atomic mass is 32.3. The van der Waals surface area contributed by atoms with Crippen molar-refractivity contribution in [3.05, 3.63) is 65.7 Å². The third kappa shape index (κ3) is 4.80. The van der Waals surface area contributed by atoms with Crippen LogP contribution in [0.3, 0.4) is 0 Å². The van der Waals surface area contributed by atoms with Gasteiger partial charge in [-0.15, -0.1) is 0 Å². The topological polar surface area (TPSA) is 83.3 Å². The molecule has 0 amide bonds. The Morgan fingerprint density at radius 3 is 2.21 bits per heavy atom. The van der Waals surface area contributed by atoms with E-state index in [1.807, 2.05) is 6.92 Å². The molecule has 0 N–H and O–H groups in total. The second-order valence-electron chi connectivity index (χ2n) is 5.58. The molecule has 0 aliphatic carbocycles. The van der Waals surface area contributed by atoms with Crippen molar-refractivity contribution in [3.8, 4) is 17.2 Å². The van der Waals surface area contributed by atoms with Gasteiger partial charge in [0.1, 0.15) is 36.1 Å². The number of ether oxygens (including phenoxy) is 1. The fraction of sp³-hybridized carbons (Fsp3) is 0.176. The van der Waals surface area contributed by atoms with Gasteiger partial charge in [-0.05, 0) is 24.3 Å². The van der Waals surface area contributed by atoms with Crippen LogP contribution in [0.2, 0.25) is 0 Å². The molecule has 0 aliphatic heterocycles. The molecule has 2 aromatic carbocycles. The van der Waals surface area contributed by atoms with Crippen LogP contribution in [0.25, 0.3) is 5.69 Å². The maximum atomic E-state index is 14.3. The number of aromatic nitrogens is 3. The lowest BCUT2D eigenvalue weighted by Crippen LogP contribution is -2.05. The maximum absolute atomic E-state index is 14.3. The molecule has 0 aliphatic rings. The number of rotatable bonds is 7. The minimum Gasteiger partial charge on any atom is -0.489 e. The van der Waals surface area contributed by atoms with Crippen LogP contribution in [0.5, 0.6) is 11.5 Å². The zero-order chi connectivity index (χ0) is 20.3. The van der Waals surface area contributed by atoms with Crippen LogP contribution in [0.15, 0.2) is 42.7 Å². The molecule has 0 radical (unpaired) electrons. The average molecular weight is 413 g/mol. The van der Waals surface area contributed by atoms with E-state index in [1.54, 1.807) is 0 Å². The monoisotopic (exact) mass is 413 g/mol. The van der Waals surface area contributed by atoms with Gasteiger partial charge in [-0.1, -0.05) is 10.8 Å². The van der Waals surface area contributed by atoms with Crippen molar-refractivity contribution in [2.24, 2.45) is 0 Å². The molecule has 1 heterocycles. The summed E-state index contributed by atoms with van der Waals surface area (Å²) in [4.78, 5) is 4.01. The van der Waals surface area contributed by atoms with E-state index >= 15 is 0 Å². The molecule has 3 rings (SSSR count). The lowest BCUT2D eigenvalue weighted by atomic mass is 10.2. The van der Waals surface area contributed by atoms with Crippen molar-refractivity contribution in [1.29, 1.82) is 0 Å². The zero-order valence-corrected chi connectivity index (χ0v) is 15.3. The van der Waals surface area contributed by atoms with Crippen LogP contribution in [0.1, 0.15) is 18.3 Å². The summed E-state index contributed by atoms with van der Waals surface area (Å²) >= 11 is 0. The van der Waals surface area contributed by atoms with E-state index in [4.69, 9.17) is 4.74 Å². The molecule has 0 spiro atoms. The van der Waals surface area contributed by atoms with E-state index in [0.29, 0.717) is 12.2 Å². The van der Waals surface area contributed by atoms with Crippen LogP contribution >= 0.6 is 0 Å². The first kappa shape index (κ1) is 19.7. The van der Waals surface area contributed by atoms with E-state index in [-0.39, 0.29) is 22.7 Å². The molecule has 28 heavy (non-hydrogen) atoms. The Balaban J connectivity index is 1.72. The smallest absolute Gasteiger partial charge is 0.488 e. The predicted octanol–water partition coefficient (Wildman–Crippen LogP) is 3.28. The van der Waals surface area contributed by atoms with Gasteiger partial charge in [-0.3, -0.25) is 0 Å². The normalized spacial score (nSPS) is 11.4. The SMILES string of the molecule is CCc1ncn(-c2cc(F)c(COc3ccc(OS(=O)(=O)F)cc3)c(F)c2)n1. The van der Waals surface area contributed by atoms with Crippen LogP contribution < -0.4 is 8.92 Å². The molecule has 7 nitrogen and oxygen atoms in total.